The fourth-order valence-corrected chi connectivity index (χ4v) is 1.94. The molecule has 128 valence electrons. The van der Waals surface area contributed by atoms with Crippen LogP contribution in [0.15, 0.2) is 30.5 Å². The molecule has 1 aromatic heterocycles. The fourth-order valence-electron chi connectivity index (χ4n) is 1.94. The summed E-state index contributed by atoms with van der Waals surface area (Å²) in [5.41, 5.74) is -0.0238. The molecule has 0 saturated heterocycles. The molecule has 0 spiro atoms. The van der Waals surface area contributed by atoms with Crippen LogP contribution in [-0.4, -0.2) is 48.0 Å². The summed E-state index contributed by atoms with van der Waals surface area (Å²) in [7, 11) is 3.96. The van der Waals surface area contributed by atoms with Crippen molar-refractivity contribution in [3.8, 4) is 0 Å². The minimum Gasteiger partial charge on any atom is -0.354 e. The Bertz CT molecular complexity index is 709. The van der Waals surface area contributed by atoms with Gasteiger partial charge in [-0.05, 0) is 45.3 Å². The van der Waals surface area contributed by atoms with E-state index in [4.69, 9.17) is 0 Å². The molecule has 0 radical (unpaired) electrons. The maximum atomic E-state index is 13.6. The van der Waals surface area contributed by atoms with Crippen LogP contribution in [0, 0.1) is 11.6 Å². The van der Waals surface area contributed by atoms with Crippen LogP contribution in [0.5, 0.6) is 0 Å². The van der Waals surface area contributed by atoms with Crippen molar-refractivity contribution in [2.24, 2.45) is 0 Å². The minimum atomic E-state index is -0.848. The molecule has 1 amide bonds. The molecule has 0 bridgehead atoms. The topological polar surface area (TPSA) is 70.2 Å². The van der Waals surface area contributed by atoms with Gasteiger partial charge in [-0.15, -0.1) is 0 Å². The molecule has 0 fully saturated rings. The van der Waals surface area contributed by atoms with Crippen LogP contribution in [0.2, 0.25) is 0 Å². The van der Waals surface area contributed by atoms with Crippen molar-refractivity contribution in [3.63, 3.8) is 0 Å². The van der Waals surface area contributed by atoms with Crippen LogP contribution < -0.4 is 10.6 Å². The molecular formula is C16H19F2N5O. The van der Waals surface area contributed by atoms with Gasteiger partial charge in [0.1, 0.15) is 17.3 Å². The Hall–Kier alpha value is -2.61. The molecular weight excluding hydrogens is 316 g/mol. The number of hydrogen-bond donors (Lipinski definition) is 2. The Labute approximate surface area is 138 Å². The normalized spacial score (nSPS) is 10.7. The molecule has 1 heterocycles. The molecule has 0 aliphatic rings. The lowest BCUT2D eigenvalue weighted by atomic mass is 10.3. The standard InChI is InChI=1S/C16H19F2N5O/c1-23(2)9-3-7-19-16-20-8-6-14(22-16)15(24)21-13-5-4-11(17)10-12(13)18/h4-6,8,10H,3,7,9H2,1-2H3,(H,21,24)(H,19,20,22). The highest BCUT2D eigenvalue weighted by Crippen LogP contribution is 2.15. The first-order chi connectivity index (χ1) is 11.5. The Morgan fingerprint density at radius 1 is 1.25 bits per heavy atom. The van der Waals surface area contributed by atoms with Crippen LogP contribution in [0.4, 0.5) is 20.4 Å². The van der Waals surface area contributed by atoms with Gasteiger partial charge in [-0.2, -0.15) is 0 Å². The molecule has 0 saturated carbocycles. The summed E-state index contributed by atoms with van der Waals surface area (Å²) < 4.78 is 26.4. The monoisotopic (exact) mass is 335 g/mol. The number of rotatable bonds is 7. The third kappa shape index (κ3) is 5.24. The van der Waals surface area contributed by atoms with E-state index in [0.29, 0.717) is 18.6 Å². The first-order valence-corrected chi connectivity index (χ1v) is 7.44. The van der Waals surface area contributed by atoms with Gasteiger partial charge in [0.2, 0.25) is 5.95 Å². The average molecular weight is 335 g/mol. The van der Waals surface area contributed by atoms with Crippen molar-refractivity contribution in [2.75, 3.05) is 37.8 Å². The van der Waals surface area contributed by atoms with Gasteiger partial charge in [0.05, 0.1) is 5.69 Å². The molecule has 8 heteroatoms. The summed E-state index contributed by atoms with van der Waals surface area (Å²) in [5.74, 6) is -1.84. The lowest BCUT2D eigenvalue weighted by Gasteiger charge is -2.10. The fraction of sp³-hybridized carbons (Fsp3) is 0.312. The maximum absolute atomic E-state index is 13.6. The predicted molar refractivity (Wildman–Crippen MR) is 88.0 cm³/mol. The van der Waals surface area contributed by atoms with Gasteiger partial charge in [0.25, 0.3) is 5.91 Å². The van der Waals surface area contributed by atoms with Crippen LogP contribution in [0.25, 0.3) is 0 Å². The highest BCUT2D eigenvalue weighted by molar-refractivity contribution is 6.03. The summed E-state index contributed by atoms with van der Waals surface area (Å²) >= 11 is 0. The predicted octanol–water partition coefficient (Wildman–Crippen LogP) is 2.37. The molecule has 0 atom stereocenters. The second-order valence-electron chi connectivity index (χ2n) is 5.43. The van der Waals surface area contributed by atoms with Crippen molar-refractivity contribution in [1.29, 1.82) is 0 Å². The molecule has 0 aliphatic carbocycles. The Kier molecular flexibility index (Phi) is 6.14. The number of nitrogens with one attached hydrogen (secondary N) is 2. The minimum absolute atomic E-state index is 0.0869. The first kappa shape index (κ1) is 17.7. The zero-order valence-electron chi connectivity index (χ0n) is 13.5. The zero-order valence-corrected chi connectivity index (χ0v) is 13.5. The number of carbonyl (C=O) groups excluding carboxylic acids is 1. The summed E-state index contributed by atoms with van der Waals surface area (Å²) in [5, 5.41) is 5.38. The largest absolute Gasteiger partial charge is 0.354 e. The Morgan fingerprint density at radius 3 is 2.75 bits per heavy atom. The van der Waals surface area contributed by atoms with E-state index >= 15 is 0 Å². The number of benzene rings is 1. The highest BCUT2D eigenvalue weighted by atomic mass is 19.1. The van der Waals surface area contributed by atoms with E-state index in [2.05, 4.69) is 25.5 Å². The smallest absolute Gasteiger partial charge is 0.274 e. The number of carbonyl (C=O) groups is 1. The number of hydrogen-bond acceptors (Lipinski definition) is 5. The highest BCUT2D eigenvalue weighted by Gasteiger charge is 2.12. The average Bonchev–Trinajstić information content (AvgIpc) is 2.54. The number of anilines is 2. The van der Waals surface area contributed by atoms with Gasteiger partial charge in [-0.1, -0.05) is 0 Å². The summed E-state index contributed by atoms with van der Waals surface area (Å²) in [6.45, 7) is 1.58. The second-order valence-corrected chi connectivity index (χ2v) is 5.43. The van der Waals surface area contributed by atoms with Gasteiger partial charge in [0, 0.05) is 18.8 Å². The lowest BCUT2D eigenvalue weighted by Crippen LogP contribution is -2.18. The summed E-state index contributed by atoms with van der Waals surface area (Å²) in [4.78, 5) is 22.3. The van der Waals surface area contributed by atoms with E-state index in [1.807, 2.05) is 14.1 Å². The number of halogens is 2. The quantitative estimate of drug-likeness (QED) is 0.760. The zero-order chi connectivity index (χ0) is 17.5. The molecule has 2 rings (SSSR count). The van der Waals surface area contributed by atoms with Gasteiger partial charge < -0.3 is 15.5 Å². The van der Waals surface area contributed by atoms with Crippen molar-refractivity contribution >= 4 is 17.5 Å². The van der Waals surface area contributed by atoms with Gasteiger partial charge in [-0.25, -0.2) is 18.7 Å². The van der Waals surface area contributed by atoms with Crippen LogP contribution in [0.1, 0.15) is 16.9 Å². The van der Waals surface area contributed by atoms with E-state index < -0.39 is 17.5 Å². The van der Waals surface area contributed by atoms with Gasteiger partial charge >= 0.3 is 0 Å². The first-order valence-electron chi connectivity index (χ1n) is 7.44. The van der Waals surface area contributed by atoms with E-state index in [9.17, 15) is 13.6 Å². The van der Waals surface area contributed by atoms with Crippen LogP contribution in [0.3, 0.4) is 0 Å². The molecule has 0 aliphatic heterocycles. The van der Waals surface area contributed by atoms with Crippen molar-refractivity contribution < 1.29 is 13.6 Å². The van der Waals surface area contributed by atoms with Crippen molar-refractivity contribution in [3.05, 3.63) is 47.8 Å². The van der Waals surface area contributed by atoms with Crippen LogP contribution in [-0.2, 0) is 0 Å². The molecule has 24 heavy (non-hydrogen) atoms. The maximum Gasteiger partial charge on any atom is 0.274 e. The van der Waals surface area contributed by atoms with E-state index in [0.717, 1.165) is 25.1 Å². The third-order valence-corrected chi connectivity index (χ3v) is 3.13. The van der Waals surface area contributed by atoms with E-state index in [1.54, 1.807) is 0 Å². The Balaban J connectivity index is 1.98. The van der Waals surface area contributed by atoms with Gasteiger partial charge in [0.15, 0.2) is 0 Å². The van der Waals surface area contributed by atoms with E-state index in [-0.39, 0.29) is 11.4 Å². The molecule has 2 aromatic rings. The summed E-state index contributed by atoms with van der Waals surface area (Å²) in [6.07, 6.45) is 2.34. The number of nitrogens with zero attached hydrogens (tertiary/aromatic N) is 3. The second kappa shape index (κ2) is 8.30. The molecule has 6 nitrogen and oxygen atoms in total. The van der Waals surface area contributed by atoms with Crippen LogP contribution >= 0.6 is 0 Å². The van der Waals surface area contributed by atoms with E-state index in [1.165, 1.54) is 12.3 Å². The summed E-state index contributed by atoms with van der Waals surface area (Å²) in [6, 6.07) is 4.34. The number of amides is 1. The molecule has 2 N–H and O–H groups in total. The van der Waals surface area contributed by atoms with Crippen molar-refractivity contribution in [2.45, 2.75) is 6.42 Å². The van der Waals surface area contributed by atoms with Crippen molar-refractivity contribution in [1.82, 2.24) is 14.9 Å². The molecule has 0 unspecified atom stereocenters. The number of aromatic nitrogens is 2. The SMILES string of the molecule is CN(C)CCCNc1nccc(C(=O)Nc2ccc(F)cc2F)n1. The third-order valence-electron chi connectivity index (χ3n) is 3.13. The molecule has 1 aromatic carbocycles. The Morgan fingerprint density at radius 2 is 2.04 bits per heavy atom. The lowest BCUT2D eigenvalue weighted by molar-refractivity contribution is 0.102. The van der Waals surface area contributed by atoms with Gasteiger partial charge in [-0.3, -0.25) is 4.79 Å².